The van der Waals surface area contributed by atoms with Gasteiger partial charge >= 0.3 is 5.97 Å². The maximum atomic E-state index is 13.7. The zero-order chi connectivity index (χ0) is 15.9. The number of rotatable bonds is 3. The van der Waals surface area contributed by atoms with Crippen molar-refractivity contribution in [3.8, 4) is 0 Å². The number of halogens is 3. The van der Waals surface area contributed by atoms with E-state index in [-0.39, 0.29) is 5.75 Å². The van der Waals surface area contributed by atoms with E-state index in [1.54, 1.807) is 0 Å². The first-order valence-corrected chi connectivity index (χ1v) is 8.18. The van der Waals surface area contributed by atoms with E-state index in [4.69, 9.17) is 5.11 Å². The van der Waals surface area contributed by atoms with Gasteiger partial charge in [-0.1, -0.05) is 0 Å². The second-order valence-electron chi connectivity index (χ2n) is 4.30. The van der Waals surface area contributed by atoms with Crippen molar-refractivity contribution in [2.24, 2.45) is 0 Å². The Morgan fingerprint density at radius 1 is 1.33 bits per heavy atom. The highest BCUT2D eigenvalue weighted by Crippen LogP contribution is 2.35. The summed E-state index contributed by atoms with van der Waals surface area (Å²) in [6.07, 6.45) is 0. The fourth-order valence-corrected chi connectivity index (χ4v) is 5.34. The summed E-state index contributed by atoms with van der Waals surface area (Å²) < 4.78 is 65.1. The van der Waals surface area contributed by atoms with Crippen LogP contribution in [0.25, 0.3) is 0 Å². The first kappa shape index (κ1) is 16.1. The van der Waals surface area contributed by atoms with Gasteiger partial charge in [-0.2, -0.15) is 4.31 Å². The Hall–Kier alpha value is -1.26. The van der Waals surface area contributed by atoms with Gasteiger partial charge in [0.15, 0.2) is 17.5 Å². The number of hydrogen-bond acceptors (Lipinski definition) is 4. The monoisotopic (exact) mass is 341 g/mol. The smallest absolute Gasteiger partial charge is 0.322 e. The SMILES string of the molecule is CC1SCC(C(=O)O)N1S(=O)(=O)c1ccc(F)c(F)c1F. The molecule has 1 N–H and O–H groups in total. The van der Waals surface area contributed by atoms with Crippen molar-refractivity contribution >= 4 is 27.8 Å². The Labute approximate surface area is 122 Å². The molecule has 0 aromatic heterocycles. The first-order valence-electron chi connectivity index (χ1n) is 5.69. The minimum atomic E-state index is -4.60. The van der Waals surface area contributed by atoms with Gasteiger partial charge in [0.2, 0.25) is 10.0 Å². The number of carboxylic acid groups (broad SMARTS) is 1. The molecule has 0 aliphatic carbocycles. The molecule has 10 heteroatoms. The second kappa shape index (κ2) is 5.50. The highest BCUT2D eigenvalue weighted by atomic mass is 32.2. The van der Waals surface area contributed by atoms with E-state index >= 15 is 0 Å². The number of carboxylic acids is 1. The summed E-state index contributed by atoms with van der Waals surface area (Å²) in [6.45, 7) is 1.43. The predicted molar refractivity (Wildman–Crippen MR) is 68.7 cm³/mol. The molecule has 1 aromatic carbocycles. The largest absolute Gasteiger partial charge is 0.480 e. The van der Waals surface area contributed by atoms with Gasteiger partial charge in [-0.3, -0.25) is 4.79 Å². The van der Waals surface area contributed by atoms with E-state index < -0.39 is 49.8 Å². The lowest BCUT2D eigenvalue weighted by molar-refractivity contribution is -0.140. The fourth-order valence-electron chi connectivity index (χ4n) is 1.99. The Balaban J connectivity index is 2.56. The zero-order valence-corrected chi connectivity index (χ0v) is 12.2. The Morgan fingerprint density at radius 2 is 1.95 bits per heavy atom. The lowest BCUT2D eigenvalue weighted by atomic mass is 10.3. The molecule has 0 saturated carbocycles. The molecular formula is C11H10F3NO4S2. The first-order chi connectivity index (χ1) is 9.67. The highest BCUT2D eigenvalue weighted by molar-refractivity contribution is 8.01. The molecule has 1 aliphatic rings. The molecular weight excluding hydrogens is 331 g/mol. The maximum Gasteiger partial charge on any atom is 0.322 e. The maximum absolute atomic E-state index is 13.7. The minimum Gasteiger partial charge on any atom is -0.480 e. The van der Waals surface area contributed by atoms with Gasteiger partial charge in [-0.25, -0.2) is 21.6 Å². The average molecular weight is 341 g/mol. The van der Waals surface area contributed by atoms with Crippen LogP contribution < -0.4 is 0 Å². The summed E-state index contributed by atoms with van der Waals surface area (Å²) in [6, 6.07) is -0.324. The summed E-state index contributed by atoms with van der Waals surface area (Å²) in [5.41, 5.74) is 0. The molecule has 1 aliphatic heterocycles. The molecule has 2 unspecified atom stereocenters. The van der Waals surface area contributed by atoms with Crippen LogP contribution in [0.2, 0.25) is 0 Å². The van der Waals surface area contributed by atoms with Crippen LogP contribution in [0.5, 0.6) is 0 Å². The quantitative estimate of drug-likeness (QED) is 0.846. The van der Waals surface area contributed by atoms with Crippen LogP contribution in [0.3, 0.4) is 0 Å². The molecule has 1 fully saturated rings. The van der Waals surface area contributed by atoms with Gasteiger partial charge in [0.25, 0.3) is 0 Å². The topological polar surface area (TPSA) is 74.7 Å². The molecule has 1 saturated heterocycles. The fraction of sp³-hybridized carbons (Fsp3) is 0.364. The van der Waals surface area contributed by atoms with E-state index in [1.807, 2.05) is 0 Å². The van der Waals surface area contributed by atoms with Crippen molar-refractivity contribution in [1.82, 2.24) is 4.31 Å². The van der Waals surface area contributed by atoms with Gasteiger partial charge in [-0.15, -0.1) is 11.8 Å². The van der Waals surface area contributed by atoms with Crippen LogP contribution in [0.15, 0.2) is 17.0 Å². The Kier molecular flexibility index (Phi) is 4.22. The van der Waals surface area contributed by atoms with Crippen molar-refractivity contribution in [3.63, 3.8) is 0 Å². The summed E-state index contributed by atoms with van der Waals surface area (Å²) >= 11 is 1.05. The van der Waals surface area contributed by atoms with Crippen LogP contribution in [0, 0.1) is 17.5 Å². The summed E-state index contributed by atoms with van der Waals surface area (Å²) in [5, 5.41) is 8.27. The third kappa shape index (κ3) is 2.62. The molecule has 0 radical (unpaired) electrons. The van der Waals surface area contributed by atoms with Crippen molar-refractivity contribution in [1.29, 1.82) is 0 Å². The standard InChI is InChI=1S/C11H10F3NO4S2/c1-5-15(7(4-20-5)11(16)17)21(18,19)8-3-2-6(12)9(13)10(8)14/h2-3,5,7H,4H2,1H3,(H,16,17). The van der Waals surface area contributed by atoms with Crippen molar-refractivity contribution in [2.45, 2.75) is 23.2 Å². The van der Waals surface area contributed by atoms with E-state index in [0.717, 1.165) is 11.8 Å². The minimum absolute atomic E-state index is 0.0129. The summed E-state index contributed by atoms with van der Waals surface area (Å²) in [7, 11) is -4.60. The second-order valence-corrected chi connectivity index (χ2v) is 7.46. The van der Waals surface area contributed by atoms with Crippen LogP contribution >= 0.6 is 11.8 Å². The average Bonchev–Trinajstić information content (AvgIpc) is 2.78. The predicted octanol–water partition coefficient (Wildman–Crippen LogP) is 1.64. The molecule has 0 bridgehead atoms. The van der Waals surface area contributed by atoms with Crippen LogP contribution in [0.4, 0.5) is 13.2 Å². The molecule has 0 amide bonds. The molecule has 2 atom stereocenters. The number of hydrogen-bond donors (Lipinski definition) is 1. The van der Waals surface area contributed by atoms with Crippen molar-refractivity contribution in [3.05, 3.63) is 29.6 Å². The number of thioether (sulfide) groups is 1. The van der Waals surface area contributed by atoms with E-state index in [0.29, 0.717) is 16.4 Å². The molecule has 0 spiro atoms. The molecule has 116 valence electrons. The summed E-state index contributed by atoms with van der Waals surface area (Å²) in [5.74, 6) is -6.70. The van der Waals surface area contributed by atoms with Gasteiger partial charge in [-0.05, 0) is 19.1 Å². The molecule has 5 nitrogen and oxygen atoms in total. The van der Waals surface area contributed by atoms with Gasteiger partial charge in [0.1, 0.15) is 10.9 Å². The van der Waals surface area contributed by atoms with Crippen LogP contribution in [-0.2, 0) is 14.8 Å². The third-order valence-electron chi connectivity index (χ3n) is 3.00. The molecule has 21 heavy (non-hydrogen) atoms. The molecule has 1 aromatic rings. The third-order valence-corrected chi connectivity index (χ3v) is 6.35. The normalized spacial score (nSPS) is 23.4. The Bertz CT molecular complexity index is 695. The van der Waals surface area contributed by atoms with Gasteiger partial charge < -0.3 is 5.11 Å². The number of aliphatic carboxylic acids is 1. The molecule has 1 heterocycles. The lowest BCUT2D eigenvalue weighted by Crippen LogP contribution is -2.44. The van der Waals surface area contributed by atoms with Crippen molar-refractivity contribution in [2.75, 3.05) is 5.75 Å². The number of sulfonamides is 1. The van der Waals surface area contributed by atoms with E-state index in [1.165, 1.54) is 6.92 Å². The number of benzene rings is 1. The van der Waals surface area contributed by atoms with Crippen LogP contribution in [-0.4, -0.2) is 41.0 Å². The van der Waals surface area contributed by atoms with E-state index in [9.17, 15) is 26.4 Å². The Morgan fingerprint density at radius 3 is 2.52 bits per heavy atom. The lowest BCUT2D eigenvalue weighted by Gasteiger charge is -2.24. The van der Waals surface area contributed by atoms with Gasteiger partial charge in [0.05, 0.1) is 5.37 Å². The van der Waals surface area contributed by atoms with E-state index in [2.05, 4.69) is 0 Å². The molecule has 2 rings (SSSR count). The highest BCUT2D eigenvalue weighted by Gasteiger charge is 2.45. The van der Waals surface area contributed by atoms with Gasteiger partial charge in [0, 0.05) is 5.75 Å². The van der Waals surface area contributed by atoms with Crippen molar-refractivity contribution < 1.29 is 31.5 Å². The van der Waals surface area contributed by atoms with Crippen LogP contribution in [0.1, 0.15) is 6.92 Å². The summed E-state index contributed by atoms with van der Waals surface area (Å²) in [4.78, 5) is 10.0. The number of nitrogens with zero attached hydrogens (tertiary/aromatic N) is 1. The zero-order valence-electron chi connectivity index (χ0n) is 10.6. The number of carbonyl (C=O) groups is 1.